The van der Waals surface area contributed by atoms with Gasteiger partial charge in [-0.1, -0.05) is 293 Å². The number of unbranched alkanes of at least 4 members (excludes halogenated alkanes) is 33. The summed E-state index contributed by atoms with van der Waals surface area (Å²) in [7, 11) is 0. The van der Waals surface area contributed by atoms with Crippen molar-refractivity contribution < 1.29 is 28.6 Å². The predicted octanol–water partition coefficient (Wildman–Crippen LogP) is 19.6. The quantitative estimate of drug-likeness (QED) is 0.0262. The van der Waals surface area contributed by atoms with E-state index in [0.29, 0.717) is 12.8 Å². The summed E-state index contributed by atoms with van der Waals surface area (Å²) in [5, 5.41) is 0. The molecule has 0 amide bonds. The van der Waals surface area contributed by atoms with Crippen molar-refractivity contribution in [3.63, 3.8) is 0 Å². The van der Waals surface area contributed by atoms with Crippen LogP contribution in [0.5, 0.6) is 0 Å². The van der Waals surface area contributed by atoms with Crippen LogP contribution in [0, 0.1) is 0 Å². The smallest absolute Gasteiger partial charge is 0.310 e. The van der Waals surface area contributed by atoms with Crippen molar-refractivity contribution in [2.75, 3.05) is 13.2 Å². The lowest BCUT2D eigenvalue weighted by Crippen LogP contribution is -2.30. The van der Waals surface area contributed by atoms with E-state index in [4.69, 9.17) is 14.2 Å². The second-order valence-corrected chi connectivity index (χ2v) is 19.6. The molecule has 0 saturated heterocycles. The highest BCUT2D eigenvalue weighted by atomic mass is 16.6. The lowest BCUT2D eigenvalue weighted by molar-refractivity contribution is -0.166. The Morgan fingerprint density at radius 2 is 0.559 bits per heavy atom. The first kappa shape index (κ1) is 65.1. The van der Waals surface area contributed by atoms with E-state index in [0.717, 1.165) is 70.6 Å². The van der Waals surface area contributed by atoms with Crippen molar-refractivity contribution >= 4 is 17.9 Å². The Morgan fingerprint density at radius 3 is 0.838 bits per heavy atom. The summed E-state index contributed by atoms with van der Waals surface area (Å²) in [6.45, 7) is 6.48. The van der Waals surface area contributed by atoms with Gasteiger partial charge in [-0.25, -0.2) is 0 Å². The fourth-order valence-corrected chi connectivity index (χ4v) is 8.46. The Labute approximate surface area is 421 Å². The van der Waals surface area contributed by atoms with E-state index in [1.54, 1.807) is 6.08 Å². The first-order valence-electron chi connectivity index (χ1n) is 29.3. The van der Waals surface area contributed by atoms with E-state index in [1.807, 2.05) is 6.08 Å². The van der Waals surface area contributed by atoms with E-state index >= 15 is 0 Å². The van der Waals surface area contributed by atoms with Crippen LogP contribution in [0.25, 0.3) is 0 Å². The van der Waals surface area contributed by atoms with Crippen molar-refractivity contribution in [3.8, 4) is 0 Å². The predicted molar refractivity (Wildman–Crippen MR) is 293 cm³/mol. The minimum absolute atomic E-state index is 0.102. The minimum atomic E-state index is -0.825. The maximum atomic E-state index is 12.8. The summed E-state index contributed by atoms with van der Waals surface area (Å²) >= 11 is 0. The largest absolute Gasteiger partial charge is 0.462 e. The molecule has 6 nitrogen and oxygen atoms in total. The molecule has 0 heterocycles. The van der Waals surface area contributed by atoms with Crippen LogP contribution in [0.2, 0.25) is 0 Å². The summed E-state index contributed by atoms with van der Waals surface area (Å²) < 4.78 is 16.8. The van der Waals surface area contributed by atoms with Gasteiger partial charge in [-0.05, 0) is 44.9 Å². The fourth-order valence-electron chi connectivity index (χ4n) is 8.46. The monoisotopic (exact) mass is 951 g/mol. The summed E-state index contributed by atoms with van der Waals surface area (Å²) in [6.07, 6.45) is 71.0. The lowest BCUT2D eigenvalue weighted by atomic mass is 10.0. The highest BCUT2D eigenvalue weighted by Gasteiger charge is 2.19. The van der Waals surface area contributed by atoms with Crippen molar-refractivity contribution in [3.05, 3.63) is 60.8 Å². The first-order valence-corrected chi connectivity index (χ1v) is 29.3. The molecule has 0 aliphatic heterocycles. The molecule has 0 bridgehead atoms. The van der Waals surface area contributed by atoms with Crippen LogP contribution >= 0.6 is 0 Å². The molecular formula is C62H110O6. The molecule has 6 heteroatoms. The van der Waals surface area contributed by atoms with E-state index in [9.17, 15) is 14.4 Å². The van der Waals surface area contributed by atoms with Gasteiger partial charge in [0.15, 0.2) is 6.10 Å². The number of esters is 3. The third-order valence-electron chi connectivity index (χ3n) is 12.8. The van der Waals surface area contributed by atoms with Gasteiger partial charge in [0.05, 0.1) is 6.42 Å². The van der Waals surface area contributed by atoms with Crippen LogP contribution in [0.4, 0.5) is 0 Å². The molecule has 0 aromatic rings. The molecule has 0 rings (SSSR count). The van der Waals surface area contributed by atoms with Gasteiger partial charge in [-0.3, -0.25) is 14.4 Å². The van der Waals surface area contributed by atoms with Crippen molar-refractivity contribution in [2.24, 2.45) is 0 Å². The zero-order chi connectivity index (χ0) is 49.3. The molecule has 0 aliphatic rings. The van der Waals surface area contributed by atoms with Gasteiger partial charge >= 0.3 is 17.9 Å². The summed E-state index contributed by atoms with van der Waals surface area (Å²) in [4.78, 5) is 38.1. The number of allylic oxidation sites excluding steroid dienone is 9. The lowest BCUT2D eigenvalue weighted by Gasteiger charge is -2.18. The molecule has 0 aromatic carbocycles. The highest BCUT2D eigenvalue weighted by molar-refractivity contribution is 5.72. The molecule has 1 atom stereocenters. The standard InChI is InChI=1S/C62H110O6/c1-4-7-10-13-16-19-22-25-28-29-30-31-32-35-37-40-43-46-49-52-55-61(64)67-58-59(68-62(65)56-53-50-47-44-41-38-34-27-24-21-18-15-12-9-6-3)57-66-60(63)54-51-48-45-42-39-36-33-26-23-20-17-14-11-8-5-2/h9,12,18,21,27,34,41,44,50,53,59H,4-8,10-11,13-17,19-20,22-26,28-33,35-40,42-43,45-49,51-52,54-58H2,1-3H3/b12-9-,21-18-,34-27-,44-41-,53-50-. The second kappa shape index (κ2) is 56.7. The van der Waals surface area contributed by atoms with Crippen molar-refractivity contribution in [2.45, 2.75) is 303 Å². The number of ether oxygens (including phenoxy) is 3. The van der Waals surface area contributed by atoms with Gasteiger partial charge in [0, 0.05) is 12.8 Å². The van der Waals surface area contributed by atoms with Crippen LogP contribution in [-0.4, -0.2) is 37.2 Å². The Kier molecular flexibility index (Phi) is 54.3. The highest BCUT2D eigenvalue weighted by Crippen LogP contribution is 2.17. The number of carbonyl (C=O) groups excluding carboxylic acids is 3. The second-order valence-electron chi connectivity index (χ2n) is 19.6. The molecular weight excluding hydrogens is 841 g/mol. The molecule has 0 aromatic heterocycles. The van der Waals surface area contributed by atoms with Crippen LogP contribution in [0.15, 0.2) is 60.8 Å². The third-order valence-corrected chi connectivity index (χ3v) is 12.8. The molecule has 0 spiro atoms. The van der Waals surface area contributed by atoms with E-state index in [1.165, 1.54) is 186 Å². The number of carbonyl (C=O) groups is 3. The van der Waals surface area contributed by atoms with Gasteiger partial charge in [0.25, 0.3) is 0 Å². The molecule has 0 radical (unpaired) electrons. The van der Waals surface area contributed by atoms with Crippen molar-refractivity contribution in [1.29, 1.82) is 0 Å². The SMILES string of the molecule is CC/C=C\C/C=C\C/C=C\C/C=C\C/C=C\CC(=O)OC(COC(=O)CCCCCCCCCCCCCCCCC)COC(=O)CCCCCCCCCCCCCCCCCCCCCC. The fraction of sp³-hybridized carbons (Fsp3) is 0.790. The topological polar surface area (TPSA) is 78.9 Å². The van der Waals surface area contributed by atoms with Crippen LogP contribution in [0.1, 0.15) is 297 Å². The first-order chi connectivity index (χ1) is 33.5. The Hall–Kier alpha value is -2.89. The molecule has 0 fully saturated rings. The Morgan fingerprint density at radius 1 is 0.309 bits per heavy atom. The minimum Gasteiger partial charge on any atom is -0.462 e. The van der Waals surface area contributed by atoms with Crippen LogP contribution in [0.3, 0.4) is 0 Å². The third kappa shape index (κ3) is 54.1. The summed E-state index contributed by atoms with van der Waals surface area (Å²) in [6, 6.07) is 0. The van der Waals surface area contributed by atoms with Gasteiger partial charge < -0.3 is 14.2 Å². The molecule has 68 heavy (non-hydrogen) atoms. The zero-order valence-electron chi connectivity index (χ0n) is 45.1. The van der Waals surface area contributed by atoms with Gasteiger partial charge in [0.2, 0.25) is 0 Å². The number of rotatable bonds is 53. The molecule has 0 saturated carbocycles. The zero-order valence-corrected chi connectivity index (χ0v) is 45.1. The van der Waals surface area contributed by atoms with Gasteiger partial charge in [0.1, 0.15) is 13.2 Å². The summed E-state index contributed by atoms with van der Waals surface area (Å²) in [5.41, 5.74) is 0. The van der Waals surface area contributed by atoms with Gasteiger partial charge in [-0.2, -0.15) is 0 Å². The average molecular weight is 952 g/mol. The maximum Gasteiger partial charge on any atom is 0.310 e. The maximum absolute atomic E-state index is 12.8. The van der Waals surface area contributed by atoms with E-state index in [-0.39, 0.29) is 31.6 Å². The van der Waals surface area contributed by atoms with E-state index in [2.05, 4.69) is 69.4 Å². The molecule has 1 unspecified atom stereocenters. The normalized spacial score (nSPS) is 12.5. The average Bonchev–Trinajstić information content (AvgIpc) is 3.34. The molecule has 0 aliphatic carbocycles. The van der Waals surface area contributed by atoms with Crippen LogP contribution in [-0.2, 0) is 28.6 Å². The Balaban J connectivity index is 4.40. The van der Waals surface area contributed by atoms with Crippen molar-refractivity contribution in [1.82, 2.24) is 0 Å². The van der Waals surface area contributed by atoms with E-state index < -0.39 is 12.1 Å². The number of hydrogen-bond acceptors (Lipinski definition) is 6. The van der Waals surface area contributed by atoms with Crippen LogP contribution < -0.4 is 0 Å². The summed E-state index contributed by atoms with van der Waals surface area (Å²) in [5.74, 6) is -1.02. The molecule has 394 valence electrons. The number of hydrogen-bond donors (Lipinski definition) is 0. The molecule has 0 N–H and O–H groups in total. The van der Waals surface area contributed by atoms with Gasteiger partial charge in [-0.15, -0.1) is 0 Å². The Bertz CT molecular complexity index is 1230.